The second-order valence-corrected chi connectivity index (χ2v) is 11.3. The summed E-state index contributed by atoms with van der Waals surface area (Å²) in [6.45, 7) is 8.83. The number of alkyl carbamates (subject to hydrolysis) is 1. The van der Waals surface area contributed by atoms with Crippen LogP contribution in [0.4, 0.5) is 10.6 Å². The summed E-state index contributed by atoms with van der Waals surface area (Å²) in [5.74, 6) is 0.462. The highest BCUT2D eigenvalue weighted by Gasteiger charge is 2.20. The summed E-state index contributed by atoms with van der Waals surface area (Å²) in [5, 5.41) is 10.0. The van der Waals surface area contributed by atoms with Crippen LogP contribution in [0.25, 0.3) is 22.8 Å². The third kappa shape index (κ3) is 6.07. The minimum Gasteiger partial charge on any atom is -0.444 e. The van der Waals surface area contributed by atoms with Crippen molar-refractivity contribution in [2.45, 2.75) is 56.8 Å². The summed E-state index contributed by atoms with van der Waals surface area (Å²) < 4.78 is 35.5. The fraction of sp³-hybridized carbons (Fsp3) is 0.409. The average Bonchev–Trinajstić information content (AvgIpc) is 3.21. The van der Waals surface area contributed by atoms with E-state index in [1.807, 2.05) is 0 Å². The smallest absolute Gasteiger partial charge is 0.407 e. The van der Waals surface area contributed by atoms with Gasteiger partial charge < -0.3 is 20.2 Å². The van der Waals surface area contributed by atoms with Crippen LogP contribution in [-0.2, 0) is 21.0 Å². The number of aromatic nitrogens is 4. The van der Waals surface area contributed by atoms with Crippen LogP contribution in [0.5, 0.6) is 0 Å². The Hall–Kier alpha value is -3.54. The van der Waals surface area contributed by atoms with Crippen molar-refractivity contribution < 1.29 is 22.4 Å². The van der Waals surface area contributed by atoms with Crippen molar-refractivity contribution in [1.29, 1.82) is 0 Å². The molecule has 0 aliphatic carbocycles. The van der Waals surface area contributed by atoms with Crippen LogP contribution in [0, 0.1) is 0 Å². The van der Waals surface area contributed by atoms with Gasteiger partial charge in [0, 0.05) is 18.5 Å². The topological polar surface area (TPSA) is 163 Å². The van der Waals surface area contributed by atoms with Gasteiger partial charge in [-0.2, -0.15) is 0 Å². The fourth-order valence-electron chi connectivity index (χ4n) is 2.82. The highest BCUT2D eigenvalue weighted by Crippen LogP contribution is 2.26. The predicted molar refractivity (Wildman–Crippen MR) is 125 cm³/mol. The average molecular weight is 489 g/mol. The highest BCUT2D eigenvalue weighted by molar-refractivity contribution is 7.92. The Morgan fingerprint density at radius 3 is 2.47 bits per heavy atom. The third-order valence-electron chi connectivity index (χ3n) is 4.58. The van der Waals surface area contributed by atoms with Crippen molar-refractivity contribution in [1.82, 2.24) is 25.5 Å². The number of ether oxygens (including phenoxy) is 1. The summed E-state index contributed by atoms with van der Waals surface area (Å²) >= 11 is 0. The summed E-state index contributed by atoms with van der Waals surface area (Å²) in [7, 11) is -3.38. The molecule has 0 unspecified atom stereocenters. The van der Waals surface area contributed by atoms with Gasteiger partial charge in [-0.25, -0.2) is 23.2 Å². The molecule has 0 aliphatic rings. The molecule has 0 bridgehead atoms. The summed E-state index contributed by atoms with van der Waals surface area (Å²) in [6, 6.07) is 6.37. The van der Waals surface area contributed by atoms with Crippen LogP contribution in [0.15, 0.2) is 39.8 Å². The van der Waals surface area contributed by atoms with Gasteiger partial charge in [0.1, 0.15) is 5.60 Å². The lowest BCUT2D eigenvalue weighted by Gasteiger charge is -2.19. The van der Waals surface area contributed by atoms with Crippen LogP contribution in [0.2, 0.25) is 0 Å². The molecule has 0 radical (unpaired) electrons. The Bertz CT molecular complexity index is 1260. The van der Waals surface area contributed by atoms with E-state index in [0.717, 1.165) is 0 Å². The molecule has 3 N–H and O–H groups in total. The number of hydrogen-bond acceptors (Lipinski definition) is 10. The standard InChI is InChI=1S/C22H28N6O5S/c1-13(2)34(30,31)15-8-6-14(7-9-15)16-12-25-19(23)18(26-16)20-28-27-17(32-20)10-11-24-21(29)33-22(3,4)5/h6-9,12-13H,10-11H2,1-5H3,(H2,23,25)(H,24,29). The van der Waals surface area contributed by atoms with Gasteiger partial charge in [-0.15, -0.1) is 10.2 Å². The van der Waals surface area contributed by atoms with Gasteiger partial charge in [-0.05, 0) is 46.8 Å². The molecule has 2 aromatic heterocycles. The molecule has 0 saturated carbocycles. The normalized spacial score (nSPS) is 12.1. The number of rotatable bonds is 7. The highest BCUT2D eigenvalue weighted by atomic mass is 32.2. The molecular weight excluding hydrogens is 460 g/mol. The number of hydrogen-bond donors (Lipinski definition) is 2. The number of sulfone groups is 1. The molecule has 3 aromatic rings. The molecule has 0 spiro atoms. The summed E-state index contributed by atoms with van der Waals surface area (Å²) in [5.41, 5.74) is 6.69. The van der Waals surface area contributed by atoms with Gasteiger partial charge in [0.15, 0.2) is 21.3 Å². The number of nitrogen functional groups attached to an aromatic ring is 1. The first kappa shape index (κ1) is 25.1. The van der Waals surface area contributed by atoms with Gasteiger partial charge >= 0.3 is 6.09 Å². The number of nitrogens with one attached hydrogen (secondary N) is 1. The Kier molecular flexibility index (Phi) is 7.20. The largest absolute Gasteiger partial charge is 0.444 e. The Labute approximate surface area is 198 Å². The number of amides is 1. The lowest BCUT2D eigenvalue weighted by molar-refractivity contribution is 0.0528. The summed E-state index contributed by atoms with van der Waals surface area (Å²) in [6.07, 6.45) is 1.22. The molecule has 34 heavy (non-hydrogen) atoms. The van der Waals surface area contributed by atoms with Crippen molar-refractivity contribution in [3.8, 4) is 22.8 Å². The second-order valence-electron chi connectivity index (χ2n) is 8.79. The number of anilines is 1. The minimum absolute atomic E-state index is 0.0816. The zero-order valence-corrected chi connectivity index (χ0v) is 20.5. The Morgan fingerprint density at radius 1 is 1.18 bits per heavy atom. The molecule has 0 saturated heterocycles. The molecule has 11 nitrogen and oxygen atoms in total. The molecule has 1 amide bonds. The van der Waals surface area contributed by atoms with E-state index in [-0.39, 0.29) is 41.2 Å². The maximum absolute atomic E-state index is 12.3. The number of carbonyl (C=O) groups is 1. The van der Waals surface area contributed by atoms with Crippen molar-refractivity contribution >= 4 is 21.7 Å². The molecule has 0 aliphatic heterocycles. The van der Waals surface area contributed by atoms with Gasteiger partial charge in [0.25, 0.3) is 5.89 Å². The monoisotopic (exact) mass is 488 g/mol. The van der Waals surface area contributed by atoms with E-state index >= 15 is 0 Å². The number of carbonyl (C=O) groups excluding carboxylic acids is 1. The van der Waals surface area contributed by atoms with E-state index in [1.54, 1.807) is 46.8 Å². The van der Waals surface area contributed by atoms with Crippen molar-refractivity contribution in [2.75, 3.05) is 12.3 Å². The van der Waals surface area contributed by atoms with Crippen LogP contribution in [0.1, 0.15) is 40.5 Å². The Balaban J connectivity index is 1.74. The third-order valence-corrected chi connectivity index (χ3v) is 6.75. The van der Waals surface area contributed by atoms with Crippen molar-refractivity contribution in [3.05, 3.63) is 36.4 Å². The van der Waals surface area contributed by atoms with Crippen LogP contribution < -0.4 is 11.1 Å². The molecule has 3 rings (SSSR count). The van der Waals surface area contributed by atoms with Gasteiger partial charge in [-0.3, -0.25) is 0 Å². The number of nitrogens with zero attached hydrogens (tertiary/aromatic N) is 4. The first-order chi connectivity index (χ1) is 15.9. The number of nitrogens with two attached hydrogens (primary N) is 1. The van der Waals surface area contributed by atoms with E-state index < -0.39 is 26.8 Å². The van der Waals surface area contributed by atoms with Gasteiger partial charge in [0.2, 0.25) is 5.89 Å². The predicted octanol–water partition coefficient (Wildman–Crippen LogP) is 3.03. The molecule has 0 fully saturated rings. The maximum atomic E-state index is 12.3. The minimum atomic E-state index is -3.38. The van der Waals surface area contributed by atoms with Gasteiger partial charge in [0.05, 0.1) is 22.0 Å². The molecule has 1 aromatic carbocycles. The lowest BCUT2D eigenvalue weighted by Crippen LogP contribution is -2.33. The SMILES string of the molecule is CC(C)S(=O)(=O)c1ccc(-c2cnc(N)c(-c3nnc(CCNC(=O)OC(C)(C)C)o3)n2)cc1. The molecule has 0 atom stereocenters. The maximum Gasteiger partial charge on any atom is 0.407 e. The Morgan fingerprint density at radius 2 is 1.85 bits per heavy atom. The first-order valence-electron chi connectivity index (χ1n) is 10.6. The zero-order valence-electron chi connectivity index (χ0n) is 19.7. The first-order valence-corrected chi connectivity index (χ1v) is 12.2. The van der Waals surface area contributed by atoms with E-state index in [4.69, 9.17) is 14.9 Å². The summed E-state index contributed by atoms with van der Waals surface area (Å²) in [4.78, 5) is 20.6. The molecule has 2 heterocycles. The molecule has 12 heteroatoms. The fourth-order valence-corrected chi connectivity index (χ4v) is 3.88. The molecular formula is C22H28N6O5S. The van der Waals surface area contributed by atoms with Gasteiger partial charge in [-0.1, -0.05) is 12.1 Å². The van der Waals surface area contributed by atoms with Crippen molar-refractivity contribution in [3.63, 3.8) is 0 Å². The lowest BCUT2D eigenvalue weighted by atomic mass is 10.1. The molecule has 182 valence electrons. The second kappa shape index (κ2) is 9.75. The van der Waals surface area contributed by atoms with E-state index in [2.05, 4.69) is 25.5 Å². The number of benzene rings is 1. The zero-order chi connectivity index (χ0) is 25.1. The van der Waals surface area contributed by atoms with E-state index in [0.29, 0.717) is 11.3 Å². The van der Waals surface area contributed by atoms with Crippen LogP contribution in [0.3, 0.4) is 0 Å². The van der Waals surface area contributed by atoms with Crippen LogP contribution >= 0.6 is 0 Å². The van der Waals surface area contributed by atoms with Crippen LogP contribution in [-0.4, -0.2) is 52.1 Å². The quantitative estimate of drug-likeness (QED) is 0.505. The van der Waals surface area contributed by atoms with E-state index in [9.17, 15) is 13.2 Å². The van der Waals surface area contributed by atoms with Crippen molar-refractivity contribution in [2.24, 2.45) is 0 Å². The van der Waals surface area contributed by atoms with E-state index in [1.165, 1.54) is 18.3 Å².